The van der Waals surface area contributed by atoms with E-state index in [1.165, 1.54) is 60.3 Å². The summed E-state index contributed by atoms with van der Waals surface area (Å²) in [6, 6.07) is 10.8. The number of halogens is 2. The van der Waals surface area contributed by atoms with Crippen molar-refractivity contribution in [3.8, 4) is 22.9 Å². The lowest BCUT2D eigenvalue weighted by molar-refractivity contribution is -0.146. The number of benzene rings is 3. The molecule has 0 spiro atoms. The molecule has 270 valence electrons. The fourth-order valence-corrected chi connectivity index (χ4v) is 6.85. The van der Waals surface area contributed by atoms with Crippen LogP contribution in [0.3, 0.4) is 0 Å². The van der Waals surface area contributed by atoms with E-state index in [9.17, 15) is 34.1 Å². The highest BCUT2D eigenvalue weighted by Gasteiger charge is 2.36. The molecule has 1 fully saturated rings. The number of hydrogen-bond donors (Lipinski definition) is 3. The Morgan fingerprint density at radius 1 is 1.06 bits per heavy atom. The number of nitrogens with zero attached hydrogens (tertiary/aromatic N) is 3. The van der Waals surface area contributed by atoms with E-state index < -0.39 is 40.5 Å². The Morgan fingerprint density at radius 2 is 1.81 bits per heavy atom. The van der Waals surface area contributed by atoms with E-state index in [0.717, 1.165) is 6.07 Å². The van der Waals surface area contributed by atoms with E-state index >= 15 is 4.39 Å². The number of carbonyl (C=O) groups excluding carboxylic acids is 1. The van der Waals surface area contributed by atoms with Gasteiger partial charge in [-0.15, -0.1) is 0 Å². The van der Waals surface area contributed by atoms with Crippen molar-refractivity contribution in [3.63, 3.8) is 0 Å². The Hall–Kier alpha value is -5.57. The van der Waals surface area contributed by atoms with Crippen LogP contribution < -0.4 is 19.8 Å². The molecule has 3 aromatic carbocycles. The number of piperazine rings is 1. The summed E-state index contributed by atoms with van der Waals surface area (Å²) in [6.07, 6.45) is 5.57. The molecule has 3 N–H and O–H groups in total. The molecule has 2 atom stereocenters. The van der Waals surface area contributed by atoms with Gasteiger partial charge in [0, 0.05) is 75.7 Å². The van der Waals surface area contributed by atoms with E-state index in [2.05, 4.69) is 4.90 Å². The lowest BCUT2D eigenvalue weighted by atomic mass is 9.89. The van der Waals surface area contributed by atoms with Crippen molar-refractivity contribution in [2.75, 3.05) is 51.3 Å². The zero-order valence-corrected chi connectivity index (χ0v) is 28.1. The summed E-state index contributed by atoms with van der Waals surface area (Å²) in [5.74, 6) is -4.17. The van der Waals surface area contributed by atoms with Gasteiger partial charge in [-0.2, -0.15) is 0 Å². The normalized spacial score (nSPS) is 20.4. The first-order valence-electron chi connectivity index (χ1n) is 16.6. The van der Waals surface area contributed by atoms with Crippen molar-refractivity contribution < 1.29 is 47.9 Å². The number of fused-ring (bicyclic) bond motifs is 2. The number of aliphatic hydroxyl groups is 1. The number of rotatable bonds is 9. The Labute approximate surface area is 296 Å². The van der Waals surface area contributed by atoms with Crippen LogP contribution in [0, 0.1) is 11.6 Å². The maximum atomic E-state index is 15.6. The van der Waals surface area contributed by atoms with Gasteiger partial charge in [-0.3, -0.25) is 14.5 Å². The van der Waals surface area contributed by atoms with Gasteiger partial charge in [0.15, 0.2) is 11.6 Å². The highest BCUT2D eigenvalue weighted by atomic mass is 19.1. The molecular weight excluding hydrogens is 680 g/mol. The highest BCUT2D eigenvalue weighted by Crippen LogP contribution is 2.41. The molecule has 4 aromatic rings. The highest BCUT2D eigenvalue weighted by molar-refractivity contribution is 6.03. The van der Waals surface area contributed by atoms with Gasteiger partial charge in [-0.25, -0.2) is 13.6 Å². The van der Waals surface area contributed by atoms with Gasteiger partial charge in [-0.05, 0) is 48.0 Å². The summed E-state index contributed by atoms with van der Waals surface area (Å²) < 4.78 is 47.9. The van der Waals surface area contributed by atoms with Gasteiger partial charge in [0.1, 0.15) is 52.7 Å². The van der Waals surface area contributed by atoms with Gasteiger partial charge in [0.25, 0.3) is 0 Å². The van der Waals surface area contributed by atoms with Crippen LogP contribution in [0.2, 0.25) is 0 Å². The molecule has 1 saturated heterocycles. The minimum absolute atomic E-state index is 0.00506. The number of carboxylic acids is 1. The van der Waals surface area contributed by atoms with Crippen LogP contribution in [-0.4, -0.2) is 94.9 Å². The average Bonchev–Trinajstić information content (AvgIpc) is 3.12. The molecule has 0 saturated carbocycles. The number of aromatic hydroxyl groups is 1. The zero-order chi connectivity index (χ0) is 36.7. The molecule has 1 aliphatic carbocycles. The number of aromatic nitrogens is 1. The van der Waals surface area contributed by atoms with Crippen molar-refractivity contribution >= 4 is 28.3 Å². The number of phenols is 1. The molecule has 2 aliphatic heterocycles. The maximum Gasteiger partial charge on any atom is 0.341 e. The molecule has 0 bridgehead atoms. The molecule has 7 rings (SSSR count). The number of pyridine rings is 1. The number of aromatic carboxylic acids is 1. The topological polar surface area (TPSA) is 151 Å². The summed E-state index contributed by atoms with van der Waals surface area (Å²) in [5, 5.41) is 30.7. The minimum Gasteiger partial charge on any atom is -0.507 e. The van der Waals surface area contributed by atoms with E-state index in [1.807, 2.05) is 4.90 Å². The van der Waals surface area contributed by atoms with Crippen molar-refractivity contribution in [3.05, 3.63) is 112 Å². The molecule has 12 nitrogen and oxygen atoms in total. The van der Waals surface area contributed by atoms with E-state index in [-0.39, 0.29) is 58.9 Å². The van der Waals surface area contributed by atoms with Gasteiger partial charge >= 0.3 is 5.97 Å². The maximum absolute atomic E-state index is 15.6. The first-order chi connectivity index (χ1) is 24.9. The van der Waals surface area contributed by atoms with Gasteiger partial charge in [-0.1, -0.05) is 12.2 Å². The van der Waals surface area contributed by atoms with Crippen LogP contribution in [0.1, 0.15) is 33.6 Å². The molecule has 14 heteroatoms. The molecule has 0 amide bonds. The third-order valence-corrected chi connectivity index (χ3v) is 9.66. The van der Waals surface area contributed by atoms with Crippen LogP contribution in [0.15, 0.2) is 83.3 Å². The Kier molecular flexibility index (Phi) is 9.29. The minimum atomic E-state index is -1.50. The number of anilines is 1. The Morgan fingerprint density at radius 3 is 2.52 bits per heavy atom. The Bertz CT molecular complexity index is 2190. The van der Waals surface area contributed by atoms with Crippen molar-refractivity contribution in [1.82, 2.24) is 9.47 Å². The summed E-state index contributed by atoms with van der Waals surface area (Å²) in [6.45, 7) is 2.73. The number of carboxylic acid groups (broad SMARTS) is 1. The summed E-state index contributed by atoms with van der Waals surface area (Å²) in [4.78, 5) is 41.8. The standard InChI is InChI=1S/C38H35F2N3O9/c1-50-38(49)8-2-3-22(20-38)33-19-32(45)35-31(44)15-25(16-34(35)52-33)51-14-13-41-9-11-42(12-10-41)30-18-29-26(17-28(30)40)36(46)27(37(47)48)21-43(29)24-6-4-23(39)5-7-24/h2-8,15-18,21,33,44,49H,9-14,19-20H2,1H3,(H,47,48). The lowest BCUT2D eigenvalue weighted by Crippen LogP contribution is -2.47. The summed E-state index contributed by atoms with van der Waals surface area (Å²) in [5.41, 5.74) is 0.321. The second-order valence-corrected chi connectivity index (χ2v) is 12.9. The molecule has 3 heterocycles. The van der Waals surface area contributed by atoms with Crippen LogP contribution >= 0.6 is 0 Å². The number of phenolic OH excluding ortho intramolecular Hbond substituents is 1. The number of ketones is 1. The second-order valence-electron chi connectivity index (χ2n) is 12.9. The summed E-state index contributed by atoms with van der Waals surface area (Å²) in [7, 11) is 1.39. The number of methoxy groups -OCH3 is 1. The van der Waals surface area contributed by atoms with Gasteiger partial charge < -0.3 is 39.0 Å². The average molecular weight is 716 g/mol. The number of ether oxygens (including phenoxy) is 3. The van der Waals surface area contributed by atoms with E-state index in [1.54, 1.807) is 18.2 Å². The molecule has 0 radical (unpaired) electrons. The molecule has 1 aromatic heterocycles. The lowest BCUT2D eigenvalue weighted by Gasteiger charge is -2.36. The van der Waals surface area contributed by atoms with Crippen molar-refractivity contribution in [2.24, 2.45) is 0 Å². The second kappa shape index (κ2) is 13.9. The van der Waals surface area contributed by atoms with Crippen LogP contribution in [0.4, 0.5) is 14.5 Å². The first-order valence-corrected chi connectivity index (χ1v) is 16.6. The van der Waals surface area contributed by atoms with Crippen molar-refractivity contribution in [2.45, 2.75) is 24.7 Å². The van der Waals surface area contributed by atoms with Crippen molar-refractivity contribution in [1.29, 1.82) is 0 Å². The van der Waals surface area contributed by atoms with Gasteiger partial charge in [0.2, 0.25) is 5.43 Å². The third-order valence-electron chi connectivity index (χ3n) is 9.66. The quantitative estimate of drug-likeness (QED) is 0.211. The SMILES string of the molecule is COC1(O)C=CC=C(C2CC(=O)c3c(O)cc(OCCN4CCN(c5cc6c(cc5F)c(=O)c(C(=O)O)cn6-c5ccc(F)cc5)CC4)cc3O2)C1. The van der Waals surface area contributed by atoms with Crippen LogP contribution in [0.25, 0.3) is 16.6 Å². The van der Waals surface area contributed by atoms with E-state index in [0.29, 0.717) is 49.7 Å². The van der Waals surface area contributed by atoms with Crippen LogP contribution in [0.5, 0.6) is 17.2 Å². The number of allylic oxidation sites excluding steroid dienone is 2. The predicted molar refractivity (Wildman–Crippen MR) is 186 cm³/mol. The molecular formula is C38H35F2N3O9. The first kappa shape index (κ1) is 34.9. The van der Waals surface area contributed by atoms with Gasteiger partial charge in [0.05, 0.1) is 17.6 Å². The number of hydrogen-bond acceptors (Lipinski definition) is 10. The predicted octanol–water partition coefficient (Wildman–Crippen LogP) is 4.43. The number of carbonyl (C=O) groups is 2. The molecule has 52 heavy (non-hydrogen) atoms. The smallest absolute Gasteiger partial charge is 0.341 e. The fraction of sp³-hybridized carbons (Fsp3) is 0.289. The van der Waals surface area contributed by atoms with Crippen LogP contribution in [-0.2, 0) is 4.74 Å². The third kappa shape index (κ3) is 6.75. The largest absolute Gasteiger partial charge is 0.507 e. The molecule has 2 unspecified atom stereocenters. The summed E-state index contributed by atoms with van der Waals surface area (Å²) >= 11 is 0. The number of Topliss-reactive ketones (excluding diaryl/α,β-unsaturated/α-hetero) is 1. The Balaban J connectivity index is 1.01. The monoisotopic (exact) mass is 715 g/mol. The zero-order valence-electron chi connectivity index (χ0n) is 28.1. The molecule has 3 aliphatic rings. The fourth-order valence-electron chi connectivity index (χ4n) is 6.85. The van der Waals surface area contributed by atoms with E-state index in [4.69, 9.17) is 14.2 Å².